The smallest absolute Gasteiger partial charge is 0.178 e. The van der Waals surface area contributed by atoms with Gasteiger partial charge in [-0.25, -0.2) is 0 Å². The molecule has 0 fully saturated rings. The predicted molar refractivity (Wildman–Crippen MR) is 160 cm³/mol. The Kier molecular flexibility index (Phi) is 4.76. The molecule has 5 aromatic carbocycles. The van der Waals surface area contributed by atoms with Crippen LogP contribution in [0.3, 0.4) is 0 Å². The lowest BCUT2D eigenvalue weighted by Crippen LogP contribution is -2.35. The molecule has 3 heteroatoms. The molecule has 40 heavy (non-hydrogen) atoms. The SMILES string of the molecule is Cc1ccc(C2(c3ccc(C)cc3)C=Cc3c4c(c5cc6c(cc5c3O2)OCC6)-c2ccccc2C4(C)O)cc1. The van der Waals surface area contributed by atoms with Crippen molar-refractivity contribution in [1.29, 1.82) is 0 Å². The second kappa shape index (κ2) is 8.09. The fourth-order valence-corrected chi connectivity index (χ4v) is 6.94. The zero-order chi connectivity index (χ0) is 27.2. The molecular weight excluding hydrogens is 492 g/mol. The molecule has 2 aliphatic heterocycles. The molecule has 2 heterocycles. The molecular formula is C37H30O3. The van der Waals surface area contributed by atoms with Crippen LogP contribution in [0.15, 0.2) is 91.0 Å². The molecule has 3 nitrogen and oxygen atoms in total. The third kappa shape index (κ3) is 3.10. The first-order chi connectivity index (χ1) is 19.4. The van der Waals surface area contributed by atoms with Gasteiger partial charge in [0.1, 0.15) is 17.1 Å². The summed E-state index contributed by atoms with van der Waals surface area (Å²) in [5, 5.41) is 14.2. The highest BCUT2D eigenvalue weighted by Crippen LogP contribution is 2.58. The molecule has 0 radical (unpaired) electrons. The van der Waals surface area contributed by atoms with E-state index in [0.717, 1.165) is 67.6 Å². The van der Waals surface area contributed by atoms with Gasteiger partial charge in [0.05, 0.1) is 6.61 Å². The average Bonchev–Trinajstić information content (AvgIpc) is 3.52. The lowest BCUT2D eigenvalue weighted by Gasteiger charge is -2.38. The van der Waals surface area contributed by atoms with E-state index in [9.17, 15) is 5.11 Å². The van der Waals surface area contributed by atoms with Crippen LogP contribution < -0.4 is 9.47 Å². The number of hydrogen-bond donors (Lipinski definition) is 1. The van der Waals surface area contributed by atoms with Crippen molar-refractivity contribution in [3.8, 4) is 22.6 Å². The molecule has 0 bridgehead atoms. The highest BCUT2D eigenvalue weighted by atomic mass is 16.5. The minimum absolute atomic E-state index is 0.682. The van der Waals surface area contributed by atoms with Crippen molar-refractivity contribution in [1.82, 2.24) is 0 Å². The van der Waals surface area contributed by atoms with Gasteiger partial charge < -0.3 is 14.6 Å². The molecule has 3 aliphatic rings. The zero-order valence-corrected chi connectivity index (χ0v) is 22.9. The monoisotopic (exact) mass is 522 g/mol. The molecule has 5 aromatic rings. The lowest BCUT2D eigenvalue weighted by atomic mass is 9.80. The molecule has 8 rings (SSSR count). The number of hydrogen-bond acceptors (Lipinski definition) is 3. The first-order valence-corrected chi connectivity index (χ1v) is 14.0. The third-order valence-corrected chi connectivity index (χ3v) is 9.02. The Morgan fingerprint density at radius 2 is 1.48 bits per heavy atom. The van der Waals surface area contributed by atoms with Gasteiger partial charge in [-0.15, -0.1) is 0 Å². The van der Waals surface area contributed by atoms with E-state index < -0.39 is 11.2 Å². The van der Waals surface area contributed by atoms with Crippen molar-refractivity contribution in [3.05, 3.63) is 136 Å². The van der Waals surface area contributed by atoms with Gasteiger partial charge in [-0.3, -0.25) is 0 Å². The molecule has 1 unspecified atom stereocenters. The Hall–Kier alpha value is -4.34. The van der Waals surface area contributed by atoms with E-state index in [-0.39, 0.29) is 0 Å². The second-order valence-corrected chi connectivity index (χ2v) is 11.6. The molecule has 196 valence electrons. The highest BCUT2D eigenvalue weighted by Gasteiger charge is 2.45. The number of rotatable bonds is 2. The molecule has 0 aromatic heterocycles. The first-order valence-electron chi connectivity index (χ1n) is 14.0. The third-order valence-electron chi connectivity index (χ3n) is 9.02. The summed E-state index contributed by atoms with van der Waals surface area (Å²) in [4.78, 5) is 0. The molecule has 1 aliphatic carbocycles. The van der Waals surface area contributed by atoms with Crippen LogP contribution in [0.1, 0.15) is 51.4 Å². The zero-order valence-electron chi connectivity index (χ0n) is 22.9. The number of aryl methyl sites for hydroxylation is 2. The largest absolute Gasteiger partial charge is 0.493 e. The number of fused-ring (bicyclic) bond motifs is 9. The van der Waals surface area contributed by atoms with Crippen LogP contribution >= 0.6 is 0 Å². The van der Waals surface area contributed by atoms with E-state index in [0.29, 0.717) is 6.61 Å². The van der Waals surface area contributed by atoms with Crippen molar-refractivity contribution in [3.63, 3.8) is 0 Å². The maximum atomic E-state index is 12.1. The van der Waals surface area contributed by atoms with Crippen LogP contribution in [-0.2, 0) is 17.6 Å². The molecule has 1 N–H and O–H groups in total. The maximum Gasteiger partial charge on any atom is 0.178 e. The molecule has 0 amide bonds. The Morgan fingerprint density at radius 1 is 0.800 bits per heavy atom. The van der Waals surface area contributed by atoms with Crippen molar-refractivity contribution < 1.29 is 14.6 Å². The highest BCUT2D eigenvalue weighted by molar-refractivity contribution is 6.09. The Bertz CT molecular complexity index is 1830. The summed E-state index contributed by atoms with van der Waals surface area (Å²) in [7, 11) is 0. The van der Waals surface area contributed by atoms with E-state index >= 15 is 0 Å². The minimum atomic E-state index is -1.15. The normalized spacial score (nSPS) is 19.4. The van der Waals surface area contributed by atoms with Crippen LogP contribution in [0.4, 0.5) is 0 Å². The Morgan fingerprint density at radius 3 is 2.17 bits per heavy atom. The summed E-state index contributed by atoms with van der Waals surface area (Å²) >= 11 is 0. The van der Waals surface area contributed by atoms with Gasteiger partial charge in [-0.1, -0.05) is 90.0 Å². The van der Waals surface area contributed by atoms with Gasteiger partial charge in [0.15, 0.2) is 5.60 Å². The fraction of sp³-hybridized carbons (Fsp3) is 0.189. The van der Waals surface area contributed by atoms with E-state index in [1.165, 1.54) is 16.7 Å². The summed E-state index contributed by atoms with van der Waals surface area (Å²) in [5.74, 6) is 1.70. The number of aliphatic hydroxyl groups is 1. The van der Waals surface area contributed by atoms with Gasteiger partial charge in [0.2, 0.25) is 0 Å². The predicted octanol–water partition coefficient (Wildman–Crippen LogP) is 7.98. The first kappa shape index (κ1) is 23.5. The van der Waals surface area contributed by atoms with Crippen LogP contribution in [0.25, 0.3) is 28.0 Å². The molecule has 0 saturated carbocycles. The average molecular weight is 523 g/mol. The second-order valence-electron chi connectivity index (χ2n) is 11.6. The van der Waals surface area contributed by atoms with Crippen LogP contribution in [0, 0.1) is 13.8 Å². The van der Waals surface area contributed by atoms with E-state index in [1.807, 2.05) is 19.1 Å². The lowest BCUT2D eigenvalue weighted by molar-refractivity contribution is 0.105. The minimum Gasteiger partial charge on any atom is -0.493 e. The summed E-state index contributed by atoms with van der Waals surface area (Å²) in [5.41, 5.74) is 8.69. The van der Waals surface area contributed by atoms with Crippen LogP contribution in [0.2, 0.25) is 0 Å². The van der Waals surface area contributed by atoms with Crippen LogP contribution in [-0.4, -0.2) is 11.7 Å². The summed E-state index contributed by atoms with van der Waals surface area (Å²) in [6, 6.07) is 29.8. The maximum absolute atomic E-state index is 12.1. The summed E-state index contributed by atoms with van der Waals surface area (Å²) < 4.78 is 13.4. The van der Waals surface area contributed by atoms with Gasteiger partial charge in [-0.2, -0.15) is 0 Å². The standard InChI is InChI=1S/C37H30O3/c1-22-8-12-25(13-9-22)37(26-14-10-23(2)11-15-26)18-16-28-34-33(27-6-4-5-7-31(27)36(34,3)38)29-20-24-17-19-39-32(24)21-30(29)35(28)40-37/h4-16,18,20-21,38H,17,19H2,1-3H3. The van der Waals surface area contributed by atoms with Crippen molar-refractivity contribution in [2.45, 2.75) is 38.4 Å². The Labute approximate surface area is 234 Å². The van der Waals surface area contributed by atoms with Crippen molar-refractivity contribution in [2.75, 3.05) is 6.61 Å². The van der Waals surface area contributed by atoms with Gasteiger partial charge in [-0.05, 0) is 66.6 Å². The van der Waals surface area contributed by atoms with Crippen molar-refractivity contribution >= 4 is 16.8 Å². The molecule has 0 spiro atoms. The fourth-order valence-electron chi connectivity index (χ4n) is 6.94. The Balaban J connectivity index is 1.47. The molecule has 0 saturated heterocycles. The van der Waals surface area contributed by atoms with Crippen LogP contribution in [0.5, 0.6) is 11.5 Å². The van der Waals surface area contributed by atoms with Gasteiger partial charge in [0.25, 0.3) is 0 Å². The van der Waals surface area contributed by atoms with Crippen molar-refractivity contribution in [2.24, 2.45) is 0 Å². The van der Waals surface area contributed by atoms with Gasteiger partial charge in [0, 0.05) is 34.1 Å². The van der Waals surface area contributed by atoms with Gasteiger partial charge >= 0.3 is 0 Å². The molecule has 1 atom stereocenters. The summed E-state index contributed by atoms with van der Waals surface area (Å²) in [6.45, 7) is 6.80. The van der Waals surface area contributed by atoms with E-state index in [1.54, 1.807) is 0 Å². The van der Waals surface area contributed by atoms with E-state index in [2.05, 4.69) is 98.8 Å². The number of benzene rings is 5. The number of ether oxygens (including phenoxy) is 2. The topological polar surface area (TPSA) is 38.7 Å². The quantitative estimate of drug-likeness (QED) is 0.255. The van der Waals surface area contributed by atoms with E-state index in [4.69, 9.17) is 9.47 Å². The summed E-state index contributed by atoms with van der Waals surface area (Å²) in [6.07, 6.45) is 5.22.